The van der Waals surface area contributed by atoms with Gasteiger partial charge < -0.3 is 4.74 Å². The molecule has 0 spiro atoms. The predicted molar refractivity (Wildman–Crippen MR) is 81.5 cm³/mol. The highest BCUT2D eigenvalue weighted by atomic mass is 16.6. The van der Waals surface area contributed by atoms with Crippen LogP contribution in [0.2, 0.25) is 0 Å². The first-order valence-electron chi connectivity index (χ1n) is 6.58. The minimum atomic E-state index is 0.523. The van der Waals surface area contributed by atoms with E-state index in [1.165, 1.54) is 0 Å². The van der Waals surface area contributed by atoms with E-state index in [9.17, 15) is 0 Å². The maximum atomic E-state index is 5.27. The molecular weight excluding hydrogens is 266 g/mol. The van der Waals surface area contributed by atoms with Gasteiger partial charge in [0.05, 0.1) is 13.3 Å². The summed E-state index contributed by atoms with van der Waals surface area (Å²) >= 11 is 0. The highest BCUT2D eigenvalue weighted by molar-refractivity contribution is 6.00. The van der Waals surface area contributed by atoms with E-state index in [2.05, 4.69) is 15.7 Å². The Hall–Kier alpha value is -2.66. The zero-order valence-electron chi connectivity index (χ0n) is 11.6. The van der Waals surface area contributed by atoms with Gasteiger partial charge in [0.15, 0.2) is 5.84 Å². The summed E-state index contributed by atoms with van der Waals surface area (Å²) < 4.78 is 5.17. The van der Waals surface area contributed by atoms with Gasteiger partial charge in [-0.1, -0.05) is 36.4 Å². The number of benzene rings is 2. The molecule has 3 rings (SSSR count). The Morgan fingerprint density at radius 3 is 3.00 bits per heavy atom. The SMILES string of the molecule is COc1cccc(/C=N/N=C2\NOCc3ccccc32)c1. The van der Waals surface area contributed by atoms with Crippen LogP contribution in [0.5, 0.6) is 5.75 Å². The number of nitrogens with zero attached hydrogens (tertiary/aromatic N) is 2. The Balaban J connectivity index is 1.81. The molecule has 0 aromatic heterocycles. The average Bonchev–Trinajstić information content (AvgIpc) is 2.55. The molecule has 1 N–H and O–H groups in total. The molecule has 0 unspecified atom stereocenters. The number of hydrogen-bond acceptors (Lipinski definition) is 4. The molecule has 0 saturated carbocycles. The van der Waals surface area contributed by atoms with Crippen LogP contribution in [0.3, 0.4) is 0 Å². The van der Waals surface area contributed by atoms with Crippen LogP contribution >= 0.6 is 0 Å². The Morgan fingerprint density at radius 1 is 1.19 bits per heavy atom. The molecule has 0 fully saturated rings. The normalized spacial score (nSPS) is 15.8. The average molecular weight is 281 g/mol. The van der Waals surface area contributed by atoms with Gasteiger partial charge in [-0.05, 0) is 23.3 Å². The smallest absolute Gasteiger partial charge is 0.179 e. The van der Waals surface area contributed by atoms with E-state index in [1.807, 2.05) is 48.5 Å². The molecular formula is C16H15N3O2. The number of amidine groups is 1. The summed E-state index contributed by atoms with van der Waals surface area (Å²) in [7, 11) is 1.64. The number of nitrogens with one attached hydrogen (secondary N) is 1. The Labute approximate surface area is 122 Å². The zero-order valence-corrected chi connectivity index (χ0v) is 11.6. The second kappa shape index (κ2) is 6.19. The molecule has 2 aromatic carbocycles. The van der Waals surface area contributed by atoms with Crippen LogP contribution in [0.1, 0.15) is 16.7 Å². The Morgan fingerprint density at radius 2 is 2.10 bits per heavy atom. The Bertz CT molecular complexity index is 695. The lowest BCUT2D eigenvalue weighted by atomic mass is 10.1. The summed E-state index contributed by atoms with van der Waals surface area (Å²) in [5, 5.41) is 8.29. The van der Waals surface area contributed by atoms with E-state index in [0.29, 0.717) is 12.4 Å². The fourth-order valence-corrected chi connectivity index (χ4v) is 2.06. The van der Waals surface area contributed by atoms with Crippen LogP contribution in [0.25, 0.3) is 0 Å². The summed E-state index contributed by atoms with van der Waals surface area (Å²) in [5.74, 6) is 1.40. The van der Waals surface area contributed by atoms with Gasteiger partial charge in [-0.15, -0.1) is 5.10 Å². The first kappa shape index (κ1) is 13.3. The van der Waals surface area contributed by atoms with Crippen molar-refractivity contribution < 1.29 is 9.57 Å². The third kappa shape index (κ3) is 3.09. The van der Waals surface area contributed by atoms with Crippen LogP contribution < -0.4 is 10.2 Å². The second-order valence-corrected chi connectivity index (χ2v) is 4.52. The minimum absolute atomic E-state index is 0.523. The molecule has 0 atom stereocenters. The number of hydroxylamine groups is 1. The van der Waals surface area contributed by atoms with Crippen LogP contribution in [-0.4, -0.2) is 19.2 Å². The molecule has 106 valence electrons. The van der Waals surface area contributed by atoms with Gasteiger partial charge in [0, 0.05) is 5.56 Å². The molecule has 1 aliphatic heterocycles. The van der Waals surface area contributed by atoms with Crippen molar-refractivity contribution in [3.63, 3.8) is 0 Å². The van der Waals surface area contributed by atoms with E-state index in [-0.39, 0.29) is 0 Å². The molecule has 5 heteroatoms. The molecule has 0 saturated heterocycles. The first-order valence-corrected chi connectivity index (χ1v) is 6.58. The molecule has 0 radical (unpaired) electrons. The molecule has 0 amide bonds. The number of fused-ring (bicyclic) bond motifs is 1. The van der Waals surface area contributed by atoms with Gasteiger partial charge in [-0.3, -0.25) is 4.84 Å². The minimum Gasteiger partial charge on any atom is -0.497 e. The first-order chi connectivity index (χ1) is 10.4. The van der Waals surface area contributed by atoms with Crippen molar-refractivity contribution in [2.45, 2.75) is 6.61 Å². The lowest BCUT2D eigenvalue weighted by Crippen LogP contribution is -2.30. The molecule has 1 aliphatic rings. The standard InChI is InChI=1S/C16H15N3O2/c1-20-14-7-4-5-12(9-14)10-17-18-16-15-8-3-2-6-13(15)11-21-19-16/h2-10H,11H2,1H3,(H,18,19)/b17-10+. The molecule has 0 aliphatic carbocycles. The second-order valence-electron chi connectivity index (χ2n) is 4.52. The Kier molecular flexibility index (Phi) is 3.93. The van der Waals surface area contributed by atoms with Gasteiger partial charge in [-0.2, -0.15) is 5.10 Å². The third-order valence-electron chi connectivity index (χ3n) is 3.13. The molecule has 0 bridgehead atoms. The third-order valence-corrected chi connectivity index (χ3v) is 3.13. The van der Waals surface area contributed by atoms with Crippen molar-refractivity contribution in [2.24, 2.45) is 10.2 Å². The monoisotopic (exact) mass is 281 g/mol. The van der Waals surface area contributed by atoms with Crippen molar-refractivity contribution in [1.82, 2.24) is 5.48 Å². The van der Waals surface area contributed by atoms with Gasteiger partial charge in [0.1, 0.15) is 12.4 Å². The molecule has 21 heavy (non-hydrogen) atoms. The molecule has 5 nitrogen and oxygen atoms in total. The summed E-state index contributed by atoms with van der Waals surface area (Å²) in [6.45, 7) is 0.523. The topological polar surface area (TPSA) is 55.2 Å². The maximum absolute atomic E-state index is 5.27. The van der Waals surface area contributed by atoms with E-state index >= 15 is 0 Å². The van der Waals surface area contributed by atoms with Gasteiger partial charge in [0.25, 0.3) is 0 Å². The highest BCUT2D eigenvalue weighted by Crippen LogP contribution is 2.14. The number of methoxy groups -OCH3 is 1. The summed E-state index contributed by atoms with van der Waals surface area (Å²) in [5.41, 5.74) is 5.81. The van der Waals surface area contributed by atoms with E-state index in [4.69, 9.17) is 9.57 Å². The highest BCUT2D eigenvalue weighted by Gasteiger charge is 2.14. The summed E-state index contributed by atoms with van der Waals surface area (Å²) in [6.07, 6.45) is 1.68. The lowest BCUT2D eigenvalue weighted by Gasteiger charge is -2.18. The van der Waals surface area contributed by atoms with Crippen LogP contribution in [0, 0.1) is 0 Å². The fourth-order valence-electron chi connectivity index (χ4n) is 2.06. The van der Waals surface area contributed by atoms with Gasteiger partial charge >= 0.3 is 0 Å². The van der Waals surface area contributed by atoms with Gasteiger partial charge in [0.2, 0.25) is 0 Å². The van der Waals surface area contributed by atoms with E-state index < -0.39 is 0 Å². The zero-order chi connectivity index (χ0) is 14.5. The number of rotatable bonds is 3. The quantitative estimate of drug-likeness (QED) is 0.694. The van der Waals surface area contributed by atoms with Crippen molar-refractivity contribution in [3.8, 4) is 5.75 Å². The van der Waals surface area contributed by atoms with Crippen LogP contribution in [0.15, 0.2) is 58.7 Å². The molecule has 2 aromatic rings. The van der Waals surface area contributed by atoms with E-state index in [0.717, 1.165) is 22.4 Å². The summed E-state index contributed by atoms with van der Waals surface area (Å²) in [6, 6.07) is 15.6. The largest absolute Gasteiger partial charge is 0.497 e. The van der Waals surface area contributed by atoms with Crippen molar-refractivity contribution in [3.05, 3.63) is 65.2 Å². The van der Waals surface area contributed by atoms with Crippen molar-refractivity contribution >= 4 is 12.1 Å². The maximum Gasteiger partial charge on any atom is 0.179 e. The lowest BCUT2D eigenvalue weighted by molar-refractivity contribution is 0.0650. The van der Waals surface area contributed by atoms with Crippen molar-refractivity contribution in [1.29, 1.82) is 0 Å². The number of ether oxygens (including phenoxy) is 1. The number of hydrogen-bond donors (Lipinski definition) is 1. The van der Waals surface area contributed by atoms with E-state index in [1.54, 1.807) is 13.3 Å². The van der Waals surface area contributed by atoms with Crippen LogP contribution in [-0.2, 0) is 11.4 Å². The van der Waals surface area contributed by atoms with Crippen LogP contribution in [0.4, 0.5) is 0 Å². The summed E-state index contributed by atoms with van der Waals surface area (Å²) in [4.78, 5) is 5.27. The molecule has 1 heterocycles. The van der Waals surface area contributed by atoms with Crippen molar-refractivity contribution in [2.75, 3.05) is 7.11 Å². The van der Waals surface area contributed by atoms with Gasteiger partial charge in [-0.25, -0.2) is 5.48 Å². The predicted octanol–water partition coefficient (Wildman–Crippen LogP) is 2.51. The fraction of sp³-hybridized carbons (Fsp3) is 0.125.